The maximum Gasteiger partial charge on any atom is 0.160 e. The minimum atomic E-state index is 0.416. The Morgan fingerprint density at radius 1 is 0.962 bits per heavy atom. The molecule has 1 aromatic carbocycles. The summed E-state index contributed by atoms with van der Waals surface area (Å²) in [5.74, 6) is 2.58. The lowest BCUT2D eigenvalue weighted by atomic mass is 9.95. The van der Waals surface area contributed by atoms with Gasteiger partial charge in [0, 0.05) is 31.7 Å². The Morgan fingerprint density at radius 2 is 1.65 bits per heavy atom. The molecule has 1 aromatic rings. The Kier molecular flexibility index (Phi) is 6.46. The minimum Gasteiger partial charge on any atom is -0.493 e. The van der Waals surface area contributed by atoms with Crippen LogP contribution in [-0.2, 0) is 6.42 Å². The first-order valence-electron chi connectivity index (χ1n) is 10.2. The minimum absolute atomic E-state index is 0.416. The standard InChI is InChI=1S/C22H36N2O2/c1-22(2,19-9-10-19)24-15-13-23(14-16-24)12-6-5-7-18-8-11-20(25-3)21(17-18)26-4/h8,11,17,19H,5-7,9-10,12-16H2,1-4H3. The van der Waals surface area contributed by atoms with Gasteiger partial charge >= 0.3 is 0 Å². The van der Waals surface area contributed by atoms with Crippen molar-refractivity contribution < 1.29 is 9.47 Å². The second-order valence-corrected chi connectivity index (χ2v) is 8.40. The van der Waals surface area contributed by atoms with Gasteiger partial charge in [-0.15, -0.1) is 0 Å². The molecule has 0 spiro atoms. The molecule has 4 heteroatoms. The van der Waals surface area contributed by atoms with E-state index < -0.39 is 0 Å². The van der Waals surface area contributed by atoms with Crippen molar-refractivity contribution >= 4 is 0 Å². The normalized spacial score (nSPS) is 19.5. The molecule has 1 aliphatic heterocycles. The molecule has 2 aliphatic rings. The lowest BCUT2D eigenvalue weighted by molar-refractivity contribution is 0.0390. The van der Waals surface area contributed by atoms with Crippen molar-refractivity contribution in [3.63, 3.8) is 0 Å². The van der Waals surface area contributed by atoms with E-state index in [1.54, 1.807) is 14.2 Å². The highest BCUT2D eigenvalue weighted by Crippen LogP contribution is 2.43. The SMILES string of the molecule is COc1ccc(CCCCN2CCN(C(C)(C)C3CC3)CC2)cc1OC. The summed E-state index contributed by atoms with van der Waals surface area (Å²) in [6.07, 6.45) is 6.46. The molecule has 0 N–H and O–H groups in total. The maximum absolute atomic E-state index is 5.40. The van der Waals surface area contributed by atoms with Crippen molar-refractivity contribution in [1.29, 1.82) is 0 Å². The van der Waals surface area contributed by atoms with Crippen LogP contribution in [0.3, 0.4) is 0 Å². The number of hydrogen-bond acceptors (Lipinski definition) is 4. The molecule has 2 fully saturated rings. The van der Waals surface area contributed by atoms with Crippen LogP contribution in [0.15, 0.2) is 18.2 Å². The van der Waals surface area contributed by atoms with Crippen LogP contribution in [0, 0.1) is 5.92 Å². The van der Waals surface area contributed by atoms with Crippen LogP contribution >= 0.6 is 0 Å². The van der Waals surface area contributed by atoms with Gasteiger partial charge in [0.2, 0.25) is 0 Å². The molecule has 0 unspecified atom stereocenters. The summed E-state index contributed by atoms with van der Waals surface area (Å²) in [5, 5.41) is 0. The highest BCUT2D eigenvalue weighted by Gasteiger charge is 2.42. The molecule has 3 rings (SSSR count). The number of rotatable bonds is 9. The topological polar surface area (TPSA) is 24.9 Å². The Balaban J connectivity index is 1.36. The summed E-state index contributed by atoms with van der Waals surface area (Å²) >= 11 is 0. The summed E-state index contributed by atoms with van der Waals surface area (Å²) < 4.78 is 10.7. The van der Waals surface area contributed by atoms with Crippen molar-refractivity contribution in [2.45, 2.75) is 51.5 Å². The average Bonchev–Trinajstić information content (AvgIpc) is 3.51. The van der Waals surface area contributed by atoms with E-state index in [1.165, 1.54) is 64.0 Å². The van der Waals surface area contributed by atoms with Gasteiger partial charge in [0.25, 0.3) is 0 Å². The van der Waals surface area contributed by atoms with E-state index in [9.17, 15) is 0 Å². The van der Waals surface area contributed by atoms with Crippen LogP contribution in [0.5, 0.6) is 11.5 Å². The Hall–Kier alpha value is -1.26. The van der Waals surface area contributed by atoms with Crippen LogP contribution < -0.4 is 9.47 Å². The van der Waals surface area contributed by atoms with Gasteiger partial charge in [-0.1, -0.05) is 6.07 Å². The van der Waals surface area contributed by atoms with Gasteiger partial charge in [-0.25, -0.2) is 0 Å². The molecular weight excluding hydrogens is 324 g/mol. The zero-order valence-electron chi connectivity index (χ0n) is 17.1. The molecule has 1 saturated carbocycles. The van der Waals surface area contributed by atoms with Crippen molar-refractivity contribution in [2.75, 3.05) is 46.9 Å². The molecule has 1 heterocycles. The molecule has 26 heavy (non-hydrogen) atoms. The Morgan fingerprint density at radius 3 is 2.27 bits per heavy atom. The van der Waals surface area contributed by atoms with Crippen molar-refractivity contribution in [1.82, 2.24) is 9.80 Å². The molecule has 146 valence electrons. The van der Waals surface area contributed by atoms with Crippen LogP contribution in [0.4, 0.5) is 0 Å². The second-order valence-electron chi connectivity index (χ2n) is 8.40. The summed E-state index contributed by atoms with van der Waals surface area (Å²) in [6.45, 7) is 11.1. The quantitative estimate of drug-likeness (QED) is 0.625. The predicted octanol–water partition coefficient (Wildman–Crippen LogP) is 3.83. The van der Waals surface area contributed by atoms with Gasteiger partial charge in [-0.3, -0.25) is 4.90 Å². The highest BCUT2D eigenvalue weighted by atomic mass is 16.5. The zero-order chi connectivity index (χ0) is 18.6. The third-order valence-electron chi connectivity index (χ3n) is 6.40. The van der Waals surface area contributed by atoms with Crippen molar-refractivity contribution in [2.24, 2.45) is 5.92 Å². The number of hydrogen-bond donors (Lipinski definition) is 0. The second kappa shape index (κ2) is 8.62. The van der Waals surface area contributed by atoms with Crippen LogP contribution in [0.2, 0.25) is 0 Å². The highest BCUT2D eigenvalue weighted by molar-refractivity contribution is 5.42. The van der Waals surface area contributed by atoms with Gasteiger partial charge < -0.3 is 14.4 Å². The number of unbranched alkanes of at least 4 members (excludes halogenated alkanes) is 1. The molecule has 4 nitrogen and oxygen atoms in total. The fraction of sp³-hybridized carbons (Fsp3) is 0.727. The van der Waals surface area contributed by atoms with E-state index in [2.05, 4.69) is 35.8 Å². The molecule has 0 atom stereocenters. The van der Waals surface area contributed by atoms with E-state index in [4.69, 9.17) is 9.47 Å². The molecule has 1 saturated heterocycles. The number of methoxy groups -OCH3 is 2. The van der Waals surface area contributed by atoms with Gasteiger partial charge in [0.15, 0.2) is 11.5 Å². The summed E-state index contributed by atoms with van der Waals surface area (Å²) in [4.78, 5) is 5.37. The number of aryl methyl sites for hydroxylation is 1. The first-order chi connectivity index (χ1) is 12.5. The molecule has 0 aromatic heterocycles. The summed E-state index contributed by atoms with van der Waals surface area (Å²) in [7, 11) is 3.38. The largest absolute Gasteiger partial charge is 0.493 e. The van der Waals surface area contributed by atoms with E-state index in [0.717, 1.165) is 23.8 Å². The van der Waals surface area contributed by atoms with E-state index >= 15 is 0 Å². The van der Waals surface area contributed by atoms with Gasteiger partial charge in [-0.05, 0) is 76.1 Å². The van der Waals surface area contributed by atoms with Crippen molar-refractivity contribution in [3.05, 3.63) is 23.8 Å². The van der Waals surface area contributed by atoms with E-state index in [0.29, 0.717) is 5.54 Å². The fourth-order valence-corrected chi connectivity index (χ4v) is 4.30. The fourth-order valence-electron chi connectivity index (χ4n) is 4.30. The predicted molar refractivity (Wildman–Crippen MR) is 107 cm³/mol. The van der Waals surface area contributed by atoms with Gasteiger partial charge in [0.05, 0.1) is 14.2 Å². The first kappa shape index (κ1) is 19.5. The van der Waals surface area contributed by atoms with Gasteiger partial charge in [-0.2, -0.15) is 0 Å². The molecule has 0 amide bonds. The molecule has 1 aliphatic carbocycles. The first-order valence-corrected chi connectivity index (χ1v) is 10.2. The van der Waals surface area contributed by atoms with Crippen molar-refractivity contribution in [3.8, 4) is 11.5 Å². The Labute approximate surface area is 159 Å². The zero-order valence-corrected chi connectivity index (χ0v) is 17.1. The van der Waals surface area contributed by atoms with E-state index in [-0.39, 0.29) is 0 Å². The van der Waals surface area contributed by atoms with Crippen LogP contribution in [0.25, 0.3) is 0 Å². The van der Waals surface area contributed by atoms with Gasteiger partial charge in [0.1, 0.15) is 0 Å². The summed E-state index contributed by atoms with van der Waals surface area (Å²) in [6, 6.07) is 6.27. The maximum atomic E-state index is 5.40. The lowest BCUT2D eigenvalue weighted by Crippen LogP contribution is -2.55. The smallest absolute Gasteiger partial charge is 0.160 e. The Bertz CT molecular complexity index is 576. The number of piperazine rings is 1. The molecular formula is C22H36N2O2. The number of benzene rings is 1. The van der Waals surface area contributed by atoms with E-state index in [1.807, 2.05) is 6.07 Å². The number of nitrogens with zero attached hydrogens (tertiary/aromatic N) is 2. The molecule has 0 radical (unpaired) electrons. The summed E-state index contributed by atoms with van der Waals surface area (Å²) in [5.41, 5.74) is 1.75. The average molecular weight is 361 g/mol. The van der Waals surface area contributed by atoms with Crippen LogP contribution in [-0.4, -0.2) is 62.3 Å². The third-order valence-corrected chi connectivity index (χ3v) is 6.40. The third kappa shape index (κ3) is 4.72. The number of ether oxygens (including phenoxy) is 2. The lowest BCUT2D eigenvalue weighted by Gasteiger charge is -2.44. The monoisotopic (exact) mass is 360 g/mol. The molecule has 0 bridgehead atoms. The van der Waals surface area contributed by atoms with Crippen LogP contribution in [0.1, 0.15) is 45.1 Å².